The fraction of sp³-hybridized carbons (Fsp3) is 0.0667. The molecule has 48 heavy (non-hydrogen) atoms. The molecule has 0 aliphatic rings. The van der Waals surface area contributed by atoms with Crippen molar-refractivity contribution in [3.8, 4) is 0 Å². The van der Waals surface area contributed by atoms with E-state index in [0.29, 0.717) is 342 Å². The van der Waals surface area contributed by atoms with E-state index < -0.39 is 11.2 Å². The van der Waals surface area contributed by atoms with Crippen molar-refractivity contribution in [3.05, 3.63) is 11.1 Å². The normalized spacial score (nSPS) is 11.6. The van der Waals surface area contributed by atoms with Crippen LogP contribution >= 0.6 is 0 Å². The van der Waals surface area contributed by atoms with E-state index in [1.54, 1.807) is 13.5 Å². The Labute approximate surface area is 754 Å². The van der Waals surface area contributed by atoms with Gasteiger partial charge in [0.25, 0.3) is 0 Å². The molecule has 0 amide bonds. The summed E-state index contributed by atoms with van der Waals surface area (Å²) in [6.45, 7) is 5.05. The van der Waals surface area contributed by atoms with Gasteiger partial charge in [0.15, 0.2) is 0 Å². The summed E-state index contributed by atoms with van der Waals surface area (Å²) in [6.07, 6.45) is 0. The molecule has 0 aliphatic carbocycles. The topological polar surface area (TPSA) is 23.1 Å². The number of hydrogen-bond donors (Lipinski definition) is 0. The Hall–Kier alpha value is 20.2. The molecule has 6 aromatic carbocycles. The first kappa shape index (κ1) is 57.4. The molecule has 0 bridgehead atoms. The summed E-state index contributed by atoms with van der Waals surface area (Å²) in [5.74, 6) is 0. The zero-order valence-electron chi connectivity index (χ0n) is 32.8. The van der Waals surface area contributed by atoms with Crippen molar-refractivity contribution in [2.24, 2.45) is 0 Å². The van der Waals surface area contributed by atoms with Gasteiger partial charge in [-0.25, -0.2) is 0 Å². The van der Waals surface area contributed by atoms with E-state index in [4.69, 9.17) is 0 Å². The zero-order valence-corrected chi connectivity index (χ0v) is 165. The first-order valence-corrected chi connectivity index (χ1v) is 84.5. The second-order valence-electron chi connectivity index (χ2n) is 15.2. The van der Waals surface area contributed by atoms with Gasteiger partial charge in [-0.2, -0.15) is 0 Å². The van der Waals surface area contributed by atoms with E-state index in [1.807, 2.05) is 50.3 Å². The van der Waals surface area contributed by atoms with Crippen LogP contribution in [0.2, 0.25) is 0 Å². The first-order chi connectivity index (χ1) is 22.3. The van der Waals surface area contributed by atoms with Gasteiger partial charge in [-0.1, -0.05) is 0 Å². The van der Waals surface area contributed by atoms with E-state index in [1.165, 1.54) is 9.79 Å². The molecule has 0 unspecified atom stereocenters. The predicted molar refractivity (Wildman–Crippen MR) is 154 cm³/mol. The van der Waals surface area contributed by atoms with Crippen LogP contribution in [0.4, 0.5) is 0 Å². The third kappa shape index (κ3) is 11.5. The molecule has 0 N–H and O–H groups in total. The molecule has 186 valence electrons. The Morgan fingerprint density at radius 2 is 0.479 bits per heavy atom. The molecular formula is C30H22ORa16S. The fourth-order valence-corrected chi connectivity index (χ4v) is 186. The van der Waals surface area contributed by atoms with Crippen LogP contribution in [0, 0.1) is 699 Å². The summed E-state index contributed by atoms with van der Waals surface area (Å²) in [6, 6.07) is 0. The van der Waals surface area contributed by atoms with Gasteiger partial charge in [0.1, 0.15) is 0 Å². The monoisotopic (exact) mass is 4050 g/mol. The summed E-state index contributed by atoms with van der Waals surface area (Å²) < 4.78 is 45.6. The summed E-state index contributed by atoms with van der Waals surface area (Å²) in [4.78, 5) is 3.04. The molecule has 0 aromatic heterocycles. The summed E-state index contributed by atoms with van der Waals surface area (Å²) in [5, 5.41) is 14.9. The molecule has 0 heterocycles. The second-order valence-corrected chi connectivity index (χ2v) is 82.3. The average molecular weight is 4050 g/mol. The van der Waals surface area contributed by atoms with Crippen LogP contribution in [-0.4, -0.2) is 4.55 Å². The summed E-state index contributed by atoms with van der Waals surface area (Å²) in [7, 11) is 0. The quantitative estimate of drug-likeness (QED) is 0.125. The van der Waals surface area contributed by atoms with Crippen LogP contribution in [0.15, 0.2) is 9.79 Å². The molecule has 0 spiro atoms. The Balaban J connectivity index is 1.76. The average Bonchev–Trinajstić information content (AvgIpc) is 3.03. The molecule has 0 fully saturated rings. The standard InChI is InChI=1S/C30H6OS.16Ra.16H/c1-19-3-5-21-15-27-17-29(9-7-23(27)13-25(21)11-19)32(31)30-10-8-24-14-26-12-20(2)4-6-22(26)16-28(24)18-30;;;;;;;;;;;;;;;;;;;;;;;;;;;;;;;;/h1-2H3;;;;;;;;;;;;;;;;;;;;;;;;;;;;;;;;. The van der Waals surface area contributed by atoms with Crippen molar-refractivity contribution < 1.29 is 689 Å². The Kier molecular flexibility index (Phi) is 30.6. The second kappa shape index (κ2) is 25.6. The Bertz CT molecular complexity index is 2340. The van der Waals surface area contributed by atoms with Gasteiger partial charge in [-0.3, -0.25) is 0 Å². The molecule has 6 aromatic rings. The van der Waals surface area contributed by atoms with Crippen LogP contribution in [-0.2, 0) is 11.2 Å². The van der Waals surface area contributed by atoms with Crippen molar-refractivity contribution in [2.75, 3.05) is 0 Å². The molecule has 0 atom stereocenters. The van der Waals surface area contributed by atoms with Crippen LogP contribution in [0.25, 0.3) is 43.1 Å². The molecule has 0 radical (unpaired) electrons. The van der Waals surface area contributed by atoms with E-state index in [2.05, 4.69) is 13.8 Å². The molecule has 1 nitrogen and oxygen atoms in total. The predicted octanol–water partition coefficient (Wildman–Crippen LogP) is -9.41. The van der Waals surface area contributed by atoms with E-state index in [0.717, 1.165) is 0 Å². The van der Waals surface area contributed by atoms with Gasteiger partial charge in [0.2, 0.25) is 0 Å². The Morgan fingerprint density at radius 1 is 0.271 bits per heavy atom. The van der Waals surface area contributed by atoms with Crippen LogP contribution < -0.4 is 9.67 Å². The summed E-state index contributed by atoms with van der Waals surface area (Å²) >= 11 is 3.98. The van der Waals surface area contributed by atoms with Crippen molar-refractivity contribution in [2.45, 2.75) is 23.6 Å². The van der Waals surface area contributed by atoms with Crippen molar-refractivity contribution in [3.63, 3.8) is 0 Å². The molecule has 0 saturated heterocycles. The maximum absolute atomic E-state index is 15.7. The number of fused-ring (bicyclic) bond motifs is 4. The molecule has 0 aliphatic heterocycles. The van der Waals surface area contributed by atoms with E-state index >= 15 is 4.55 Å². The van der Waals surface area contributed by atoms with Gasteiger partial charge in [-0.05, 0) is 0 Å². The van der Waals surface area contributed by atoms with Crippen LogP contribution in [0.1, 0.15) is 11.1 Å². The maximum atomic E-state index is 15.7. The van der Waals surface area contributed by atoms with Gasteiger partial charge in [0, 0.05) is 0 Å². The van der Waals surface area contributed by atoms with Gasteiger partial charge < -0.3 is 0 Å². The molecule has 6 rings (SSSR count). The van der Waals surface area contributed by atoms with Gasteiger partial charge in [-0.15, -0.1) is 0 Å². The van der Waals surface area contributed by atoms with Crippen molar-refractivity contribution in [1.82, 2.24) is 0 Å². The minimum atomic E-state index is -0.893. The summed E-state index contributed by atoms with van der Waals surface area (Å²) in [5.41, 5.74) is 3.59. The molecular weight excluding hydrogens is 4020 g/mol. The number of rotatable bonds is 2. The number of hydrogen-bond acceptors (Lipinski definition) is 1. The SMILES string of the molecule is Cc1[c]([RaH])[c]([RaH])c2[c]([RaH])c3[c]([RaH])c([S+]([O-])c4[c]([RaH])[c]([RaH])c5[c]([RaH])c6[c]([RaH])c(C)[c]([RaH])[c]([RaH])c6[c]([RaH])c5[c]4[RaH])[c]([RaH])[c]([RaH])c3[c]([RaH])c2[c]1[RaH]. The van der Waals surface area contributed by atoms with Gasteiger partial charge >= 0.3 is 788 Å². The molecule has 0 saturated carbocycles. The Morgan fingerprint density at radius 3 is 0.750 bits per heavy atom. The third-order valence-electron chi connectivity index (χ3n) is 13.2. The van der Waals surface area contributed by atoms with Gasteiger partial charge in [0.05, 0.1) is 0 Å². The number of benzene rings is 6. The van der Waals surface area contributed by atoms with Crippen molar-refractivity contribution in [1.29, 1.82) is 0 Å². The molecule has 18 heteroatoms. The van der Waals surface area contributed by atoms with E-state index in [-0.39, 0.29) is 342 Å². The van der Waals surface area contributed by atoms with E-state index in [9.17, 15) is 0 Å². The van der Waals surface area contributed by atoms with Crippen molar-refractivity contribution >= 4 is 63.9 Å². The fourth-order valence-electron chi connectivity index (χ4n) is 9.79. The van der Waals surface area contributed by atoms with Crippen LogP contribution in [0.3, 0.4) is 0 Å². The first-order valence-electron chi connectivity index (χ1n) is 17.6. The zero-order chi connectivity index (χ0) is 35.7. The van der Waals surface area contributed by atoms with Crippen LogP contribution in [0.5, 0.6) is 0 Å². The minimum absolute atomic E-state index is 0.160. The third-order valence-corrected chi connectivity index (χ3v) is 167.